The fraction of sp³-hybridized carbons (Fsp3) is 0.100. The highest BCUT2D eigenvalue weighted by Crippen LogP contribution is 2.02. The maximum Gasteiger partial charge on any atom is 0.0779 e. The highest BCUT2D eigenvalue weighted by atomic mass is 28.2. The second kappa shape index (κ2) is 3.58. The Labute approximate surface area is 80.0 Å². The van der Waals surface area contributed by atoms with Gasteiger partial charge in [0.15, 0.2) is 0 Å². The fourth-order valence-electron chi connectivity index (χ4n) is 1.27. The van der Waals surface area contributed by atoms with Crippen LogP contribution in [-0.2, 0) is 0 Å². The minimum Gasteiger partial charge on any atom is -0.241 e. The minimum absolute atomic E-state index is 0.125. The van der Waals surface area contributed by atoms with Gasteiger partial charge in [0.25, 0.3) is 0 Å². The van der Waals surface area contributed by atoms with Gasteiger partial charge in [0.1, 0.15) is 0 Å². The fourth-order valence-corrected chi connectivity index (χ4v) is 1.91. The number of benzene rings is 1. The summed E-state index contributed by atoms with van der Waals surface area (Å²) in [6, 6.07) is 12.3. The second-order valence-electron chi connectivity index (χ2n) is 2.94. The third-order valence-corrected chi connectivity index (χ3v) is 3.13. The molecule has 0 atom stereocenters. The lowest BCUT2D eigenvalue weighted by molar-refractivity contribution is 0.891. The topological polar surface area (TPSA) is 17.8 Å². The van der Waals surface area contributed by atoms with Crippen LogP contribution in [0.25, 0.3) is 5.69 Å². The Kier molecular flexibility index (Phi) is 2.27. The van der Waals surface area contributed by atoms with Crippen LogP contribution in [0.1, 0.15) is 0 Å². The third kappa shape index (κ3) is 1.70. The molecule has 0 saturated carbocycles. The van der Waals surface area contributed by atoms with Gasteiger partial charge in [-0.25, -0.2) is 4.68 Å². The van der Waals surface area contributed by atoms with Crippen LogP contribution in [-0.4, -0.2) is 19.3 Å². The summed E-state index contributed by atoms with van der Waals surface area (Å²) in [5.41, 5.74) is 1.14. The molecule has 3 heteroatoms. The van der Waals surface area contributed by atoms with Crippen molar-refractivity contribution in [1.29, 1.82) is 0 Å². The zero-order chi connectivity index (χ0) is 9.10. The molecule has 2 nitrogen and oxygen atoms in total. The van der Waals surface area contributed by atoms with Gasteiger partial charge in [-0.1, -0.05) is 24.7 Å². The lowest BCUT2D eigenvalue weighted by Crippen LogP contribution is -2.13. The van der Waals surface area contributed by atoms with Crippen molar-refractivity contribution in [3.8, 4) is 5.69 Å². The molecule has 1 heterocycles. The average Bonchev–Trinajstić information content (AvgIpc) is 2.67. The maximum absolute atomic E-state index is 4.48. The molecule has 0 saturated heterocycles. The summed E-state index contributed by atoms with van der Waals surface area (Å²) in [5, 5.41) is 5.74. The van der Waals surface area contributed by atoms with Crippen molar-refractivity contribution in [3.05, 3.63) is 42.6 Å². The van der Waals surface area contributed by atoms with Crippen LogP contribution < -0.4 is 5.32 Å². The van der Waals surface area contributed by atoms with E-state index < -0.39 is 0 Å². The number of hydrogen-bond acceptors (Lipinski definition) is 1. The predicted octanol–water partition coefficient (Wildman–Crippen LogP) is 0.714. The van der Waals surface area contributed by atoms with Gasteiger partial charge in [-0.05, 0) is 18.2 Å². The molecule has 0 aliphatic carbocycles. The predicted molar refractivity (Wildman–Crippen MR) is 57.6 cm³/mol. The molecule has 0 aliphatic rings. The Balaban J connectivity index is 2.36. The first-order chi connectivity index (χ1) is 6.40. The van der Waals surface area contributed by atoms with Crippen molar-refractivity contribution in [2.45, 2.75) is 6.55 Å². The van der Waals surface area contributed by atoms with Gasteiger partial charge < -0.3 is 0 Å². The summed E-state index contributed by atoms with van der Waals surface area (Å²) in [6.45, 7) is 2.25. The van der Waals surface area contributed by atoms with Crippen LogP contribution in [0.5, 0.6) is 0 Å². The molecule has 66 valence electrons. The number of para-hydroxylation sites is 1. The summed E-state index contributed by atoms with van der Waals surface area (Å²) in [5.74, 6) is 0. The monoisotopic (exact) mass is 188 g/mol. The van der Waals surface area contributed by atoms with E-state index in [0.29, 0.717) is 0 Å². The molecule has 0 aliphatic heterocycles. The van der Waals surface area contributed by atoms with E-state index in [9.17, 15) is 0 Å². The van der Waals surface area contributed by atoms with Crippen LogP contribution in [0.3, 0.4) is 0 Å². The van der Waals surface area contributed by atoms with E-state index in [1.54, 1.807) is 0 Å². The van der Waals surface area contributed by atoms with Crippen molar-refractivity contribution >= 4 is 14.8 Å². The van der Waals surface area contributed by atoms with Crippen LogP contribution in [0, 0.1) is 0 Å². The Morgan fingerprint density at radius 2 is 1.92 bits per heavy atom. The van der Waals surface area contributed by atoms with E-state index in [1.807, 2.05) is 29.1 Å². The average molecular weight is 188 g/mol. The van der Waals surface area contributed by atoms with Crippen molar-refractivity contribution in [2.75, 3.05) is 0 Å². The summed E-state index contributed by atoms with van der Waals surface area (Å²) >= 11 is 0. The quantitative estimate of drug-likeness (QED) is 0.635. The van der Waals surface area contributed by atoms with Crippen molar-refractivity contribution in [1.82, 2.24) is 9.78 Å². The molecule has 2 aromatic rings. The van der Waals surface area contributed by atoms with Gasteiger partial charge in [-0.3, -0.25) is 0 Å². The van der Waals surface area contributed by atoms with Crippen molar-refractivity contribution in [2.24, 2.45) is 0 Å². The first-order valence-electron chi connectivity index (χ1n) is 4.50. The molecule has 1 aromatic heterocycles. The number of nitrogens with zero attached hydrogens (tertiary/aromatic N) is 2. The number of aromatic nitrogens is 2. The van der Waals surface area contributed by atoms with Crippen LogP contribution in [0.2, 0.25) is 6.55 Å². The van der Waals surface area contributed by atoms with Gasteiger partial charge in [-0.2, -0.15) is 5.10 Å². The van der Waals surface area contributed by atoms with Gasteiger partial charge in [0.05, 0.1) is 15.2 Å². The van der Waals surface area contributed by atoms with Gasteiger partial charge >= 0.3 is 0 Å². The van der Waals surface area contributed by atoms with Crippen LogP contribution in [0.15, 0.2) is 42.6 Å². The molecule has 0 spiro atoms. The number of hydrogen-bond donors (Lipinski definition) is 0. The third-order valence-electron chi connectivity index (χ3n) is 2.03. The Bertz CT molecular complexity index is 381. The Morgan fingerprint density at radius 1 is 1.15 bits per heavy atom. The molecule has 0 N–H and O–H groups in total. The first-order valence-corrected chi connectivity index (χ1v) is 6.62. The lowest BCUT2D eigenvalue weighted by Gasteiger charge is -1.98. The standard InChI is InChI=1S/C10H12N2Si/c1-13-10-7-8-12(11-10)9-5-3-2-4-6-9/h2-8H,13H2,1H3. The van der Waals surface area contributed by atoms with Crippen LogP contribution >= 0.6 is 0 Å². The maximum atomic E-state index is 4.48. The molecule has 1 aromatic carbocycles. The van der Waals surface area contributed by atoms with Gasteiger partial charge in [0.2, 0.25) is 0 Å². The zero-order valence-electron chi connectivity index (χ0n) is 7.64. The highest BCUT2D eigenvalue weighted by molar-refractivity contribution is 6.50. The number of rotatable bonds is 2. The SMILES string of the molecule is C[SiH2]c1ccn(-c2ccccc2)n1. The molecule has 0 bridgehead atoms. The van der Waals surface area contributed by atoms with Crippen molar-refractivity contribution < 1.29 is 0 Å². The van der Waals surface area contributed by atoms with Gasteiger partial charge in [0, 0.05) is 11.5 Å². The minimum atomic E-state index is -0.125. The largest absolute Gasteiger partial charge is 0.241 e. The normalized spacial score (nSPS) is 11.2. The highest BCUT2D eigenvalue weighted by Gasteiger charge is 1.97. The Morgan fingerprint density at radius 3 is 2.54 bits per heavy atom. The van der Waals surface area contributed by atoms with Crippen LogP contribution in [0.4, 0.5) is 0 Å². The molecule has 0 radical (unpaired) electrons. The van der Waals surface area contributed by atoms with E-state index in [1.165, 1.54) is 5.32 Å². The molecule has 0 unspecified atom stereocenters. The first kappa shape index (κ1) is 8.25. The summed E-state index contributed by atoms with van der Waals surface area (Å²) in [4.78, 5) is 0. The lowest BCUT2D eigenvalue weighted by atomic mass is 10.3. The molecular weight excluding hydrogens is 176 g/mol. The summed E-state index contributed by atoms with van der Waals surface area (Å²) < 4.78 is 1.94. The molecule has 2 rings (SSSR count). The van der Waals surface area contributed by atoms with E-state index in [2.05, 4.69) is 29.8 Å². The smallest absolute Gasteiger partial charge is 0.0779 e. The van der Waals surface area contributed by atoms with Gasteiger partial charge in [-0.15, -0.1) is 0 Å². The van der Waals surface area contributed by atoms with E-state index in [-0.39, 0.29) is 9.52 Å². The molecular formula is C10H12N2Si. The Hall–Kier alpha value is -1.35. The van der Waals surface area contributed by atoms with E-state index in [0.717, 1.165) is 5.69 Å². The zero-order valence-corrected chi connectivity index (χ0v) is 9.06. The summed E-state index contributed by atoms with van der Waals surface area (Å²) in [6.07, 6.45) is 2.03. The van der Waals surface area contributed by atoms with E-state index in [4.69, 9.17) is 0 Å². The summed E-state index contributed by atoms with van der Waals surface area (Å²) in [7, 11) is -0.125. The molecule has 13 heavy (non-hydrogen) atoms. The van der Waals surface area contributed by atoms with Crippen molar-refractivity contribution in [3.63, 3.8) is 0 Å². The second-order valence-corrected chi connectivity index (χ2v) is 4.37. The van der Waals surface area contributed by atoms with E-state index >= 15 is 0 Å². The molecule has 0 fully saturated rings. The molecule has 0 amide bonds.